The van der Waals surface area contributed by atoms with Gasteiger partial charge in [0.1, 0.15) is 5.82 Å². The van der Waals surface area contributed by atoms with Gasteiger partial charge in [-0.05, 0) is 0 Å². The molecule has 0 spiro atoms. The van der Waals surface area contributed by atoms with Crippen LogP contribution in [-0.2, 0) is 0 Å². The van der Waals surface area contributed by atoms with Gasteiger partial charge in [0.05, 0.1) is 0 Å². The molecule has 0 aromatic carbocycles. The molecular formula is C5H9N3S. The number of nitrogens with two attached hydrogens (primary N) is 1. The monoisotopic (exact) mass is 143 g/mol. The summed E-state index contributed by atoms with van der Waals surface area (Å²) in [7, 11) is 3.89. The molecule has 50 valence electrons. The van der Waals surface area contributed by atoms with Crippen LogP contribution in [0.15, 0.2) is 5.38 Å². The zero-order valence-corrected chi connectivity index (χ0v) is 6.27. The first-order valence-corrected chi connectivity index (χ1v) is 3.46. The minimum atomic E-state index is 0.601. The number of anilines is 2. The molecule has 9 heavy (non-hydrogen) atoms. The van der Waals surface area contributed by atoms with Crippen LogP contribution < -0.4 is 10.6 Å². The van der Waals surface area contributed by atoms with Gasteiger partial charge in [0.25, 0.3) is 0 Å². The van der Waals surface area contributed by atoms with Gasteiger partial charge in [-0.15, -0.1) is 11.3 Å². The second-order valence-corrected chi connectivity index (χ2v) is 2.79. The minimum absolute atomic E-state index is 0.601. The lowest BCUT2D eigenvalue weighted by atomic mass is 10.8. The van der Waals surface area contributed by atoms with E-state index in [9.17, 15) is 0 Å². The quantitative estimate of drug-likeness (QED) is 0.632. The van der Waals surface area contributed by atoms with Crippen molar-refractivity contribution < 1.29 is 0 Å². The van der Waals surface area contributed by atoms with E-state index >= 15 is 0 Å². The van der Waals surface area contributed by atoms with E-state index in [2.05, 4.69) is 4.98 Å². The minimum Gasteiger partial charge on any atom is -0.383 e. The van der Waals surface area contributed by atoms with E-state index in [0.29, 0.717) is 5.82 Å². The van der Waals surface area contributed by atoms with Crippen LogP contribution in [0.5, 0.6) is 0 Å². The SMILES string of the molecule is CN(C)c1nc(N)cs1. The van der Waals surface area contributed by atoms with Gasteiger partial charge in [0, 0.05) is 19.5 Å². The Morgan fingerprint density at radius 3 is 2.56 bits per heavy atom. The summed E-state index contributed by atoms with van der Waals surface area (Å²) < 4.78 is 0. The fourth-order valence-electron chi connectivity index (χ4n) is 0.482. The summed E-state index contributed by atoms with van der Waals surface area (Å²) in [6, 6.07) is 0. The Balaban J connectivity index is 2.85. The molecule has 1 aromatic rings. The average molecular weight is 143 g/mol. The van der Waals surface area contributed by atoms with E-state index in [1.807, 2.05) is 24.4 Å². The molecule has 0 amide bonds. The van der Waals surface area contributed by atoms with Crippen molar-refractivity contribution in [2.45, 2.75) is 0 Å². The number of thiazole rings is 1. The molecule has 1 rings (SSSR count). The summed E-state index contributed by atoms with van der Waals surface area (Å²) >= 11 is 1.55. The summed E-state index contributed by atoms with van der Waals surface area (Å²) in [5.74, 6) is 0.601. The van der Waals surface area contributed by atoms with Gasteiger partial charge in [-0.2, -0.15) is 0 Å². The Bertz CT molecular complexity index is 194. The highest BCUT2D eigenvalue weighted by Gasteiger charge is 1.97. The highest BCUT2D eigenvalue weighted by atomic mass is 32.1. The lowest BCUT2D eigenvalue weighted by Gasteiger charge is -2.04. The van der Waals surface area contributed by atoms with Crippen LogP contribution in [0.4, 0.5) is 10.9 Å². The third-order valence-electron chi connectivity index (χ3n) is 0.892. The maximum absolute atomic E-state index is 5.39. The fraction of sp³-hybridized carbons (Fsp3) is 0.400. The first-order valence-electron chi connectivity index (χ1n) is 2.58. The van der Waals surface area contributed by atoms with Gasteiger partial charge in [-0.3, -0.25) is 0 Å². The number of rotatable bonds is 1. The molecule has 4 heteroatoms. The third-order valence-corrected chi connectivity index (χ3v) is 1.92. The van der Waals surface area contributed by atoms with Crippen molar-refractivity contribution in [1.29, 1.82) is 0 Å². The lowest BCUT2D eigenvalue weighted by Crippen LogP contribution is -2.07. The molecule has 0 unspecified atom stereocenters. The molecular weight excluding hydrogens is 134 g/mol. The number of hydrogen-bond acceptors (Lipinski definition) is 4. The third kappa shape index (κ3) is 1.32. The molecule has 0 fully saturated rings. The van der Waals surface area contributed by atoms with E-state index in [4.69, 9.17) is 5.73 Å². The maximum atomic E-state index is 5.39. The van der Waals surface area contributed by atoms with E-state index < -0.39 is 0 Å². The molecule has 0 bridgehead atoms. The molecule has 1 heterocycles. The number of nitrogens with zero attached hydrogens (tertiary/aromatic N) is 2. The maximum Gasteiger partial charge on any atom is 0.186 e. The van der Waals surface area contributed by atoms with Crippen molar-refractivity contribution in [3.05, 3.63) is 5.38 Å². The molecule has 0 saturated heterocycles. The van der Waals surface area contributed by atoms with Crippen LogP contribution in [0.3, 0.4) is 0 Å². The second-order valence-electron chi connectivity index (χ2n) is 1.95. The Morgan fingerprint density at radius 1 is 1.67 bits per heavy atom. The Kier molecular flexibility index (Phi) is 1.57. The zero-order valence-electron chi connectivity index (χ0n) is 5.46. The van der Waals surface area contributed by atoms with Crippen LogP contribution in [0, 0.1) is 0 Å². The smallest absolute Gasteiger partial charge is 0.186 e. The van der Waals surface area contributed by atoms with Crippen LogP contribution in [0.2, 0.25) is 0 Å². The zero-order chi connectivity index (χ0) is 6.85. The van der Waals surface area contributed by atoms with E-state index in [-0.39, 0.29) is 0 Å². The van der Waals surface area contributed by atoms with Gasteiger partial charge < -0.3 is 10.6 Å². The van der Waals surface area contributed by atoms with Crippen LogP contribution in [0.1, 0.15) is 0 Å². The largest absolute Gasteiger partial charge is 0.383 e. The van der Waals surface area contributed by atoms with Crippen molar-refractivity contribution >= 4 is 22.3 Å². The molecule has 0 aliphatic rings. The average Bonchev–Trinajstić information content (AvgIpc) is 2.14. The van der Waals surface area contributed by atoms with Gasteiger partial charge in [0.15, 0.2) is 5.13 Å². The van der Waals surface area contributed by atoms with Crippen LogP contribution in [0.25, 0.3) is 0 Å². The summed E-state index contributed by atoms with van der Waals surface area (Å²) in [4.78, 5) is 5.96. The highest BCUT2D eigenvalue weighted by molar-refractivity contribution is 7.14. The summed E-state index contributed by atoms with van der Waals surface area (Å²) in [5.41, 5.74) is 5.39. The standard InChI is InChI=1S/C5H9N3S/c1-8(2)5-7-4(6)3-9-5/h3H,6H2,1-2H3. The van der Waals surface area contributed by atoms with Crippen molar-refractivity contribution in [3.8, 4) is 0 Å². The predicted molar refractivity (Wildman–Crippen MR) is 40.9 cm³/mol. The van der Waals surface area contributed by atoms with Gasteiger partial charge in [0.2, 0.25) is 0 Å². The topological polar surface area (TPSA) is 42.2 Å². The Labute approximate surface area is 58.1 Å². The Hall–Kier alpha value is -0.770. The molecule has 1 aromatic heterocycles. The lowest BCUT2D eigenvalue weighted by molar-refractivity contribution is 1.11. The molecule has 0 aliphatic heterocycles. The van der Waals surface area contributed by atoms with Gasteiger partial charge >= 0.3 is 0 Å². The van der Waals surface area contributed by atoms with Crippen molar-refractivity contribution in [2.24, 2.45) is 0 Å². The van der Waals surface area contributed by atoms with Crippen molar-refractivity contribution in [2.75, 3.05) is 24.7 Å². The van der Waals surface area contributed by atoms with E-state index in [0.717, 1.165) is 5.13 Å². The fourth-order valence-corrected chi connectivity index (χ4v) is 1.13. The molecule has 0 radical (unpaired) electrons. The first kappa shape index (κ1) is 6.35. The second kappa shape index (κ2) is 2.23. The normalized spacial score (nSPS) is 9.56. The number of aromatic nitrogens is 1. The molecule has 0 saturated carbocycles. The predicted octanol–water partition coefficient (Wildman–Crippen LogP) is 0.791. The van der Waals surface area contributed by atoms with E-state index in [1.165, 1.54) is 0 Å². The Morgan fingerprint density at radius 2 is 2.33 bits per heavy atom. The number of hydrogen-bond donors (Lipinski definition) is 1. The molecule has 3 nitrogen and oxygen atoms in total. The van der Waals surface area contributed by atoms with Crippen LogP contribution in [-0.4, -0.2) is 19.1 Å². The summed E-state index contributed by atoms with van der Waals surface area (Å²) in [6.07, 6.45) is 0. The highest BCUT2D eigenvalue weighted by Crippen LogP contribution is 2.18. The number of nitrogen functional groups attached to an aromatic ring is 1. The molecule has 2 N–H and O–H groups in total. The van der Waals surface area contributed by atoms with Crippen molar-refractivity contribution in [1.82, 2.24) is 4.98 Å². The van der Waals surface area contributed by atoms with Gasteiger partial charge in [-0.1, -0.05) is 0 Å². The van der Waals surface area contributed by atoms with Gasteiger partial charge in [-0.25, -0.2) is 4.98 Å². The summed E-state index contributed by atoms with van der Waals surface area (Å²) in [5, 5.41) is 2.78. The van der Waals surface area contributed by atoms with Crippen LogP contribution >= 0.6 is 11.3 Å². The first-order chi connectivity index (χ1) is 4.20. The van der Waals surface area contributed by atoms with E-state index in [1.54, 1.807) is 11.3 Å². The molecule has 0 aliphatic carbocycles. The summed E-state index contributed by atoms with van der Waals surface area (Å²) in [6.45, 7) is 0. The molecule has 0 atom stereocenters. The van der Waals surface area contributed by atoms with Crippen molar-refractivity contribution in [3.63, 3.8) is 0 Å².